The zero-order chi connectivity index (χ0) is 13.5. The lowest BCUT2D eigenvalue weighted by molar-refractivity contribution is 0.546. The van der Waals surface area contributed by atoms with Gasteiger partial charge in [-0.2, -0.15) is 0 Å². The summed E-state index contributed by atoms with van der Waals surface area (Å²) in [5.41, 5.74) is 10.6. The van der Waals surface area contributed by atoms with E-state index in [9.17, 15) is 0 Å². The minimum absolute atomic E-state index is 0.336. The van der Waals surface area contributed by atoms with E-state index in [1.54, 1.807) is 6.20 Å². The number of fused-ring (bicyclic) bond motifs is 3. The molecular weight excluding hydrogens is 248 g/mol. The van der Waals surface area contributed by atoms with Gasteiger partial charge in [0.25, 0.3) is 0 Å². The summed E-state index contributed by atoms with van der Waals surface area (Å²) < 4.78 is 2.44. The Balaban J connectivity index is 2.08. The Bertz CT molecular complexity index is 788. The molecule has 0 bridgehead atoms. The second-order valence-electron chi connectivity index (χ2n) is 5.25. The van der Waals surface area contributed by atoms with Crippen LogP contribution in [0.3, 0.4) is 0 Å². The third-order valence-corrected chi connectivity index (χ3v) is 4.05. The quantitative estimate of drug-likeness (QED) is 0.735. The largest absolute Gasteiger partial charge is 0.368 e. The van der Waals surface area contributed by atoms with Gasteiger partial charge in [0.1, 0.15) is 0 Å². The van der Waals surface area contributed by atoms with Crippen molar-refractivity contribution in [2.75, 3.05) is 5.73 Å². The molecule has 1 aromatic carbocycles. The van der Waals surface area contributed by atoms with Crippen LogP contribution in [0.1, 0.15) is 18.5 Å². The van der Waals surface area contributed by atoms with Crippen LogP contribution in [0, 0.1) is 0 Å². The van der Waals surface area contributed by atoms with Gasteiger partial charge in [0.15, 0.2) is 0 Å². The Labute approximate surface area is 117 Å². The summed E-state index contributed by atoms with van der Waals surface area (Å²) in [6.45, 7) is 1.09. The van der Waals surface area contributed by atoms with Crippen molar-refractivity contribution in [3.05, 3.63) is 42.2 Å². The molecule has 0 saturated heterocycles. The number of aromatic nitrogens is 3. The molecule has 4 rings (SSSR count). The fourth-order valence-electron chi connectivity index (χ4n) is 3.23. The van der Waals surface area contributed by atoms with Gasteiger partial charge in [0.2, 0.25) is 5.95 Å². The molecule has 2 N–H and O–H groups in total. The Morgan fingerprint density at radius 3 is 2.90 bits per heavy atom. The van der Waals surface area contributed by atoms with Gasteiger partial charge in [-0.05, 0) is 31.4 Å². The zero-order valence-electron chi connectivity index (χ0n) is 11.2. The number of nitrogens with zero attached hydrogens (tertiary/aromatic N) is 3. The predicted octanol–water partition coefficient (Wildman–Crippen LogP) is 3.02. The first-order chi connectivity index (χ1) is 9.84. The summed E-state index contributed by atoms with van der Waals surface area (Å²) in [7, 11) is 0. The first-order valence-electron chi connectivity index (χ1n) is 7.03. The van der Waals surface area contributed by atoms with Gasteiger partial charge in [0, 0.05) is 34.9 Å². The van der Waals surface area contributed by atoms with E-state index in [-0.39, 0.29) is 0 Å². The van der Waals surface area contributed by atoms with E-state index in [1.165, 1.54) is 35.0 Å². The van der Waals surface area contributed by atoms with Gasteiger partial charge in [-0.1, -0.05) is 18.2 Å². The molecule has 0 aliphatic carbocycles. The van der Waals surface area contributed by atoms with Crippen molar-refractivity contribution in [3.8, 4) is 11.3 Å². The molecule has 0 amide bonds. The predicted molar refractivity (Wildman–Crippen MR) is 80.3 cm³/mol. The van der Waals surface area contributed by atoms with E-state index in [2.05, 4.69) is 38.8 Å². The molecule has 0 radical (unpaired) electrons. The lowest BCUT2D eigenvalue weighted by Gasteiger charge is -2.17. The molecule has 100 valence electrons. The Morgan fingerprint density at radius 1 is 1.10 bits per heavy atom. The van der Waals surface area contributed by atoms with Crippen molar-refractivity contribution >= 4 is 16.9 Å². The Morgan fingerprint density at radius 2 is 2.00 bits per heavy atom. The van der Waals surface area contributed by atoms with Gasteiger partial charge >= 0.3 is 0 Å². The van der Waals surface area contributed by atoms with E-state index in [4.69, 9.17) is 5.73 Å². The van der Waals surface area contributed by atoms with Crippen molar-refractivity contribution in [2.24, 2.45) is 0 Å². The van der Waals surface area contributed by atoms with E-state index < -0.39 is 0 Å². The molecule has 0 atom stereocenters. The maximum atomic E-state index is 5.76. The number of nitrogen functional groups attached to an aromatic ring is 1. The molecule has 1 aliphatic heterocycles. The number of nitrogens with two attached hydrogens (primary N) is 1. The van der Waals surface area contributed by atoms with Crippen LogP contribution in [0.25, 0.3) is 22.2 Å². The number of anilines is 1. The summed E-state index contributed by atoms with van der Waals surface area (Å²) in [6.07, 6.45) is 5.33. The third kappa shape index (κ3) is 1.61. The van der Waals surface area contributed by atoms with E-state index >= 15 is 0 Å². The minimum atomic E-state index is 0.336. The molecule has 0 spiro atoms. The van der Waals surface area contributed by atoms with Crippen molar-refractivity contribution in [1.29, 1.82) is 0 Å². The van der Waals surface area contributed by atoms with E-state index in [0.717, 1.165) is 18.7 Å². The molecule has 20 heavy (non-hydrogen) atoms. The molecule has 3 heterocycles. The zero-order valence-corrected chi connectivity index (χ0v) is 11.2. The summed E-state index contributed by atoms with van der Waals surface area (Å²) in [5.74, 6) is 0.336. The molecule has 0 unspecified atom stereocenters. The SMILES string of the molecule is Nc1nccc(-c2c3n(c4ccccc24)CCCC3)n1. The van der Waals surface area contributed by atoms with Crippen molar-refractivity contribution in [1.82, 2.24) is 14.5 Å². The summed E-state index contributed by atoms with van der Waals surface area (Å²) in [4.78, 5) is 8.43. The van der Waals surface area contributed by atoms with Crippen LogP contribution < -0.4 is 5.73 Å². The van der Waals surface area contributed by atoms with Gasteiger partial charge in [-0.15, -0.1) is 0 Å². The van der Waals surface area contributed by atoms with E-state index in [0.29, 0.717) is 5.95 Å². The monoisotopic (exact) mass is 264 g/mol. The number of aryl methyl sites for hydroxylation is 1. The smallest absolute Gasteiger partial charge is 0.220 e. The Hall–Kier alpha value is -2.36. The molecule has 0 fully saturated rings. The highest BCUT2D eigenvalue weighted by Gasteiger charge is 2.21. The second kappa shape index (κ2) is 4.34. The van der Waals surface area contributed by atoms with E-state index in [1.807, 2.05) is 6.07 Å². The molecular formula is C16H16N4. The number of hydrogen-bond donors (Lipinski definition) is 1. The lowest BCUT2D eigenvalue weighted by Crippen LogP contribution is -2.10. The lowest BCUT2D eigenvalue weighted by atomic mass is 10.0. The molecule has 3 aromatic rings. The van der Waals surface area contributed by atoms with Crippen LogP contribution in [-0.2, 0) is 13.0 Å². The molecule has 4 nitrogen and oxygen atoms in total. The highest BCUT2D eigenvalue weighted by Crippen LogP contribution is 2.36. The fraction of sp³-hybridized carbons (Fsp3) is 0.250. The number of hydrogen-bond acceptors (Lipinski definition) is 3. The summed E-state index contributed by atoms with van der Waals surface area (Å²) >= 11 is 0. The van der Waals surface area contributed by atoms with Gasteiger partial charge in [-0.3, -0.25) is 0 Å². The number of rotatable bonds is 1. The molecule has 0 saturated carbocycles. The summed E-state index contributed by atoms with van der Waals surface area (Å²) in [6, 6.07) is 10.5. The Kier molecular flexibility index (Phi) is 2.49. The second-order valence-corrected chi connectivity index (χ2v) is 5.25. The normalized spacial score (nSPS) is 14.4. The van der Waals surface area contributed by atoms with Crippen molar-refractivity contribution < 1.29 is 0 Å². The topological polar surface area (TPSA) is 56.7 Å². The van der Waals surface area contributed by atoms with Crippen molar-refractivity contribution in [2.45, 2.75) is 25.8 Å². The van der Waals surface area contributed by atoms with Crippen LogP contribution in [0.15, 0.2) is 36.5 Å². The first kappa shape index (κ1) is 11.5. The van der Waals surface area contributed by atoms with Crippen LogP contribution in [0.5, 0.6) is 0 Å². The third-order valence-electron chi connectivity index (χ3n) is 4.05. The maximum absolute atomic E-state index is 5.76. The van der Waals surface area contributed by atoms with Crippen LogP contribution in [0.2, 0.25) is 0 Å². The fourth-order valence-corrected chi connectivity index (χ4v) is 3.23. The van der Waals surface area contributed by atoms with Gasteiger partial charge in [-0.25, -0.2) is 9.97 Å². The van der Waals surface area contributed by atoms with Gasteiger partial charge in [0.05, 0.1) is 5.69 Å². The highest BCUT2D eigenvalue weighted by molar-refractivity contribution is 5.97. The maximum Gasteiger partial charge on any atom is 0.220 e. The first-order valence-corrected chi connectivity index (χ1v) is 7.03. The molecule has 1 aliphatic rings. The molecule has 2 aromatic heterocycles. The highest BCUT2D eigenvalue weighted by atomic mass is 15.0. The molecule has 4 heteroatoms. The van der Waals surface area contributed by atoms with Crippen molar-refractivity contribution in [3.63, 3.8) is 0 Å². The number of benzene rings is 1. The van der Waals surface area contributed by atoms with Gasteiger partial charge < -0.3 is 10.3 Å². The standard InChI is InChI=1S/C16H16N4/c17-16-18-9-8-12(19-16)15-11-5-1-2-6-13(11)20-10-4-3-7-14(15)20/h1-2,5-6,8-9H,3-4,7,10H2,(H2,17,18,19). The van der Waals surface area contributed by atoms with Crippen LogP contribution >= 0.6 is 0 Å². The van der Waals surface area contributed by atoms with Crippen LogP contribution in [-0.4, -0.2) is 14.5 Å². The average Bonchev–Trinajstić information content (AvgIpc) is 2.82. The average molecular weight is 264 g/mol. The minimum Gasteiger partial charge on any atom is -0.368 e. The summed E-state index contributed by atoms with van der Waals surface area (Å²) in [5, 5.41) is 1.27. The number of para-hydroxylation sites is 1. The van der Waals surface area contributed by atoms with Crippen LogP contribution in [0.4, 0.5) is 5.95 Å².